The van der Waals surface area contributed by atoms with Crippen molar-refractivity contribution in [2.75, 3.05) is 0 Å². The molecule has 4 heteroatoms. The van der Waals surface area contributed by atoms with Crippen LogP contribution in [0.4, 0.5) is 0 Å². The van der Waals surface area contributed by atoms with Crippen molar-refractivity contribution in [1.29, 1.82) is 0 Å². The molecule has 0 aliphatic rings. The summed E-state index contributed by atoms with van der Waals surface area (Å²) in [7, 11) is 0. The van der Waals surface area contributed by atoms with Gasteiger partial charge in [0.25, 0.3) is 0 Å². The number of ketones is 1. The first-order valence-corrected chi connectivity index (χ1v) is 4.05. The van der Waals surface area contributed by atoms with Crippen LogP contribution in [0.5, 0.6) is 0 Å². The Morgan fingerprint density at radius 1 is 1.29 bits per heavy atom. The minimum absolute atomic E-state index is 0.0276. The van der Waals surface area contributed by atoms with Crippen LogP contribution in [-0.2, 0) is 6.61 Å². The zero-order valence-corrected chi connectivity index (χ0v) is 7.65. The van der Waals surface area contributed by atoms with Gasteiger partial charge in [0.2, 0.25) is 0 Å². The molecule has 0 unspecified atom stereocenters. The third-order valence-electron chi connectivity index (χ3n) is 1.94. The third-order valence-corrected chi connectivity index (χ3v) is 1.94. The number of aromatic carboxylic acids is 1. The van der Waals surface area contributed by atoms with Crippen LogP contribution in [0.3, 0.4) is 0 Å². The number of rotatable bonds is 3. The lowest BCUT2D eigenvalue weighted by atomic mass is 9.99. The van der Waals surface area contributed by atoms with Gasteiger partial charge in [-0.25, -0.2) is 4.79 Å². The summed E-state index contributed by atoms with van der Waals surface area (Å²) in [5.41, 5.74) is 0.403. The van der Waals surface area contributed by atoms with E-state index in [1.54, 1.807) is 0 Å². The van der Waals surface area contributed by atoms with E-state index in [9.17, 15) is 9.59 Å². The molecule has 0 heterocycles. The van der Waals surface area contributed by atoms with Crippen molar-refractivity contribution >= 4 is 11.8 Å². The number of aliphatic hydroxyl groups excluding tert-OH is 1. The Hall–Kier alpha value is -1.68. The highest BCUT2D eigenvalue weighted by atomic mass is 16.4. The van der Waals surface area contributed by atoms with E-state index in [2.05, 4.69) is 0 Å². The number of carboxylic acids is 1. The van der Waals surface area contributed by atoms with Crippen molar-refractivity contribution in [3.63, 3.8) is 0 Å². The van der Waals surface area contributed by atoms with Gasteiger partial charge in [-0.3, -0.25) is 4.79 Å². The van der Waals surface area contributed by atoms with Crippen molar-refractivity contribution < 1.29 is 19.8 Å². The lowest BCUT2D eigenvalue weighted by molar-refractivity contribution is 0.0693. The fraction of sp³-hybridized carbons (Fsp3) is 0.200. The van der Waals surface area contributed by atoms with E-state index in [4.69, 9.17) is 10.2 Å². The second kappa shape index (κ2) is 4.02. The largest absolute Gasteiger partial charge is 0.478 e. The smallest absolute Gasteiger partial charge is 0.336 e. The first-order chi connectivity index (χ1) is 6.57. The number of hydrogen-bond donors (Lipinski definition) is 2. The molecule has 74 valence electrons. The van der Waals surface area contributed by atoms with Crippen molar-refractivity contribution in [3.05, 3.63) is 34.9 Å². The number of carbonyl (C=O) groups is 2. The molecule has 0 aliphatic heterocycles. The van der Waals surface area contributed by atoms with Crippen LogP contribution < -0.4 is 0 Å². The van der Waals surface area contributed by atoms with Gasteiger partial charge < -0.3 is 10.2 Å². The maximum atomic E-state index is 11.1. The monoisotopic (exact) mass is 194 g/mol. The Kier molecular flexibility index (Phi) is 2.99. The number of aliphatic hydroxyl groups is 1. The van der Waals surface area contributed by atoms with E-state index < -0.39 is 12.6 Å². The maximum Gasteiger partial charge on any atom is 0.336 e. The summed E-state index contributed by atoms with van der Waals surface area (Å²) in [5, 5.41) is 17.8. The Morgan fingerprint density at radius 2 is 1.86 bits per heavy atom. The molecule has 0 aliphatic carbocycles. The van der Waals surface area contributed by atoms with Crippen LogP contribution in [-0.4, -0.2) is 22.0 Å². The second-order valence-corrected chi connectivity index (χ2v) is 2.85. The number of carbonyl (C=O) groups excluding carboxylic acids is 1. The molecule has 14 heavy (non-hydrogen) atoms. The zero-order valence-electron chi connectivity index (χ0n) is 7.65. The highest BCUT2D eigenvalue weighted by molar-refractivity contribution is 5.99. The van der Waals surface area contributed by atoms with Gasteiger partial charge in [-0.2, -0.15) is 0 Å². The van der Waals surface area contributed by atoms with Gasteiger partial charge in [0, 0.05) is 11.1 Å². The van der Waals surface area contributed by atoms with Gasteiger partial charge in [-0.05, 0) is 13.0 Å². The predicted molar refractivity (Wildman–Crippen MR) is 49.3 cm³/mol. The van der Waals surface area contributed by atoms with Crippen LogP contribution in [0.15, 0.2) is 18.2 Å². The standard InChI is InChI=1S/C10H10O4/c1-6(12)7-3-2-4-8(10(13)14)9(7)5-11/h2-4,11H,5H2,1H3,(H,13,14). The van der Waals surface area contributed by atoms with E-state index in [0.717, 1.165) is 0 Å². The Bertz CT molecular complexity index is 349. The quantitative estimate of drug-likeness (QED) is 0.706. The Balaban J connectivity index is 3.39. The van der Waals surface area contributed by atoms with Crippen LogP contribution in [0.2, 0.25) is 0 Å². The minimum Gasteiger partial charge on any atom is -0.478 e. The summed E-state index contributed by atoms with van der Waals surface area (Å²) < 4.78 is 0. The SMILES string of the molecule is CC(=O)c1cccc(C(=O)O)c1CO. The fourth-order valence-electron chi connectivity index (χ4n) is 1.29. The molecule has 0 fully saturated rings. The highest BCUT2D eigenvalue weighted by Gasteiger charge is 2.14. The molecule has 0 radical (unpaired) electrons. The average Bonchev–Trinajstić information content (AvgIpc) is 2.16. The molecule has 0 spiro atoms. The molecular weight excluding hydrogens is 184 g/mol. The van der Waals surface area contributed by atoms with Crippen LogP contribution in [0, 0.1) is 0 Å². The van der Waals surface area contributed by atoms with E-state index in [0.29, 0.717) is 0 Å². The highest BCUT2D eigenvalue weighted by Crippen LogP contribution is 2.15. The second-order valence-electron chi connectivity index (χ2n) is 2.85. The molecule has 1 aromatic rings. The van der Waals surface area contributed by atoms with Crippen molar-refractivity contribution in [2.24, 2.45) is 0 Å². The molecule has 4 nitrogen and oxygen atoms in total. The lowest BCUT2D eigenvalue weighted by Crippen LogP contribution is -2.08. The molecule has 0 atom stereocenters. The van der Waals surface area contributed by atoms with Gasteiger partial charge in [-0.15, -0.1) is 0 Å². The Labute approximate surface area is 80.8 Å². The summed E-state index contributed by atoms with van der Waals surface area (Å²) in [6.07, 6.45) is 0. The van der Waals surface area contributed by atoms with E-state index in [-0.39, 0.29) is 22.5 Å². The van der Waals surface area contributed by atoms with Crippen LogP contribution in [0.1, 0.15) is 33.2 Å². The van der Waals surface area contributed by atoms with Gasteiger partial charge in [-0.1, -0.05) is 12.1 Å². The van der Waals surface area contributed by atoms with E-state index in [1.165, 1.54) is 25.1 Å². The summed E-state index contributed by atoms with van der Waals surface area (Å²) in [6.45, 7) is 0.886. The van der Waals surface area contributed by atoms with Gasteiger partial charge >= 0.3 is 5.97 Å². The molecule has 1 rings (SSSR count). The lowest BCUT2D eigenvalue weighted by Gasteiger charge is -2.06. The van der Waals surface area contributed by atoms with Crippen LogP contribution >= 0.6 is 0 Å². The predicted octanol–water partition coefficient (Wildman–Crippen LogP) is 1.08. The van der Waals surface area contributed by atoms with Crippen LogP contribution in [0.25, 0.3) is 0 Å². The van der Waals surface area contributed by atoms with Crippen molar-refractivity contribution in [1.82, 2.24) is 0 Å². The zero-order chi connectivity index (χ0) is 10.7. The van der Waals surface area contributed by atoms with Crippen molar-refractivity contribution in [3.8, 4) is 0 Å². The summed E-state index contributed by atoms with van der Waals surface area (Å²) in [5.74, 6) is -1.39. The molecule has 0 amide bonds. The number of Topliss-reactive ketones (excluding diaryl/α,β-unsaturated/α-hetero) is 1. The third kappa shape index (κ3) is 1.80. The average molecular weight is 194 g/mol. The summed E-state index contributed by atoms with van der Waals surface area (Å²) in [6, 6.07) is 4.35. The Morgan fingerprint density at radius 3 is 2.29 bits per heavy atom. The molecule has 0 saturated carbocycles. The topological polar surface area (TPSA) is 74.6 Å². The minimum atomic E-state index is -1.14. The first-order valence-electron chi connectivity index (χ1n) is 4.05. The first kappa shape index (κ1) is 10.4. The number of hydrogen-bond acceptors (Lipinski definition) is 3. The normalized spacial score (nSPS) is 9.86. The van der Waals surface area contributed by atoms with Gasteiger partial charge in [0.1, 0.15) is 0 Å². The number of carboxylic acid groups (broad SMARTS) is 1. The molecule has 0 saturated heterocycles. The van der Waals surface area contributed by atoms with E-state index >= 15 is 0 Å². The van der Waals surface area contributed by atoms with Crippen molar-refractivity contribution in [2.45, 2.75) is 13.5 Å². The maximum absolute atomic E-state index is 11.1. The number of benzene rings is 1. The summed E-state index contributed by atoms with van der Waals surface area (Å²) in [4.78, 5) is 21.8. The molecule has 2 N–H and O–H groups in total. The molecule has 0 aromatic heterocycles. The molecule has 1 aromatic carbocycles. The van der Waals surface area contributed by atoms with E-state index in [1.807, 2.05) is 0 Å². The molecular formula is C10H10O4. The summed E-state index contributed by atoms with van der Waals surface area (Å²) >= 11 is 0. The fourth-order valence-corrected chi connectivity index (χ4v) is 1.29. The van der Waals surface area contributed by atoms with Gasteiger partial charge in [0.05, 0.1) is 12.2 Å². The van der Waals surface area contributed by atoms with Gasteiger partial charge in [0.15, 0.2) is 5.78 Å². The molecule has 0 bridgehead atoms.